The summed E-state index contributed by atoms with van der Waals surface area (Å²) < 4.78 is 17.4. The molecular weight excluding hydrogens is 388 g/mol. The van der Waals surface area contributed by atoms with Crippen LogP contribution in [0.25, 0.3) is 22.4 Å². The summed E-state index contributed by atoms with van der Waals surface area (Å²) in [7, 11) is 0. The highest BCUT2D eigenvalue weighted by atomic mass is 79.9. The van der Waals surface area contributed by atoms with Crippen molar-refractivity contribution in [1.82, 2.24) is 19.9 Å². The molecule has 8 nitrogen and oxygen atoms in total. The Balaban J connectivity index is 1.59. The van der Waals surface area contributed by atoms with Crippen molar-refractivity contribution in [3.63, 3.8) is 0 Å². The number of hydrogen-bond acceptors (Lipinski definition) is 8. The van der Waals surface area contributed by atoms with Gasteiger partial charge in [-0.05, 0) is 34.1 Å². The summed E-state index contributed by atoms with van der Waals surface area (Å²) in [4.78, 5) is 16.9. The van der Waals surface area contributed by atoms with Crippen LogP contribution < -0.4 is 5.76 Å². The molecule has 0 aliphatic heterocycles. The van der Waals surface area contributed by atoms with Gasteiger partial charge >= 0.3 is 5.76 Å². The summed E-state index contributed by atoms with van der Waals surface area (Å²) in [6.07, 6.45) is 1.47. The van der Waals surface area contributed by atoms with Crippen molar-refractivity contribution in [2.24, 2.45) is 0 Å². The summed E-state index contributed by atoms with van der Waals surface area (Å²) in [5, 5.41) is 9.86. The van der Waals surface area contributed by atoms with Crippen LogP contribution in [0.1, 0.15) is 5.89 Å². The molecule has 23 heavy (non-hydrogen) atoms. The molecule has 0 aromatic carbocycles. The molecule has 0 atom stereocenters. The Kier molecular flexibility index (Phi) is 3.46. The first-order valence-electron chi connectivity index (χ1n) is 6.38. The van der Waals surface area contributed by atoms with Crippen molar-refractivity contribution in [2.45, 2.75) is 6.54 Å². The molecule has 0 radical (unpaired) electrons. The molecular formula is C13H7BrN4O4S. The van der Waals surface area contributed by atoms with Crippen LogP contribution in [0, 0.1) is 0 Å². The Morgan fingerprint density at radius 3 is 3.04 bits per heavy atom. The Hall–Kier alpha value is -2.46. The monoisotopic (exact) mass is 394 g/mol. The molecule has 0 N–H and O–H groups in total. The molecule has 10 heteroatoms. The van der Waals surface area contributed by atoms with Gasteiger partial charge in [-0.2, -0.15) is 9.67 Å². The number of thiophene rings is 1. The van der Waals surface area contributed by atoms with E-state index in [2.05, 4.69) is 31.2 Å². The van der Waals surface area contributed by atoms with Crippen molar-refractivity contribution in [2.75, 3.05) is 0 Å². The fraction of sp³-hybridized carbons (Fsp3) is 0.0769. The number of aromatic nitrogens is 4. The SMILES string of the molecule is O=c1oc(-c2ccco2)nn1Cc1nc(-c2cc(Br)cs2)no1. The van der Waals surface area contributed by atoms with Crippen molar-refractivity contribution in [3.05, 3.63) is 50.8 Å². The van der Waals surface area contributed by atoms with Gasteiger partial charge in [0.1, 0.15) is 6.54 Å². The summed E-state index contributed by atoms with van der Waals surface area (Å²) in [5.41, 5.74) is 0. The molecule has 116 valence electrons. The Bertz CT molecular complexity index is 997. The minimum atomic E-state index is -0.630. The van der Waals surface area contributed by atoms with Gasteiger partial charge in [-0.15, -0.1) is 16.4 Å². The maximum absolute atomic E-state index is 11.8. The quantitative estimate of drug-likeness (QED) is 0.524. The average Bonchev–Trinajstić information content (AvgIpc) is 3.28. The highest BCUT2D eigenvalue weighted by Gasteiger charge is 2.16. The molecule has 0 saturated carbocycles. The highest BCUT2D eigenvalue weighted by Crippen LogP contribution is 2.27. The van der Waals surface area contributed by atoms with E-state index in [1.54, 1.807) is 12.1 Å². The molecule has 4 aromatic rings. The minimum absolute atomic E-state index is 0.0165. The van der Waals surface area contributed by atoms with Gasteiger partial charge in [0.15, 0.2) is 5.76 Å². The number of hydrogen-bond donors (Lipinski definition) is 0. The first-order valence-corrected chi connectivity index (χ1v) is 8.05. The van der Waals surface area contributed by atoms with E-state index in [-0.39, 0.29) is 18.3 Å². The van der Waals surface area contributed by atoms with E-state index in [1.165, 1.54) is 17.6 Å². The van der Waals surface area contributed by atoms with Crippen molar-refractivity contribution in [3.8, 4) is 22.4 Å². The minimum Gasteiger partial charge on any atom is -0.459 e. The van der Waals surface area contributed by atoms with Crippen LogP contribution >= 0.6 is 27.3 Å². The van der Waals surface area contributed by atoms with E-state index in [0.717, 1.165) is 14.0 Å². The van der Waals surface area contributed by atoms with Gasteiger partial charge in [0.25, 0.3) is 5.89 Å². The van der Waals surface area contributed by atoms with Gasteiger partial charge in [0.2, 0.25) is 11.7 Å². The molecule has 4 rings (SSSR count). The molecule has 4 heterocycles. The lowest BCUT2D eigenvalue weighted by atomic mass is 10.4. The van der Waals surface area contributed by atoms with Crippen LogP contribution in [0.15, 0.2) is 52.5 Å². The van der Waals surface area contributed by atoms with Crippen LogP contribution in [0.5, 0.6) is 0 Å². The lowest BCUT2D eigenvalue weighted by Gasteiger charge is -1.90. The lowest BCUT2D eigenvalue weighted by molar-refractivity contribution is 0.360. The summed E-state index contributed by atoms with van der Waals surface area (Å²) in [6.45, 7) is 0.0165. The lowest BCUT2D eigenvalue weighted by Crippen LogP contribution is -2.16. The van der Waals surface area contributed by atoms with Crippen LogP contribution in [0.2, 0.25) is 0 Å². The predicted molar refractivity (Wildman–Crippen MR) is 82.9 cm³/mol. The zero-order valence-corrected chi connectivity index (χ0v) is 13.7. The first-order chi connectivity index (χ1) is 11.2. The average molecular weight is 395 g/mol. The van der Waals surface area contributed by atoms with Crippen LogP contribution in [-0.2, 0) is 6.54 Å². The Morgan fingerprint density at radius 2 is 2.30 bits per heavy atom. The summed E-state index contributed by atoms with van der Waals surface area (Å²) in [6, 6.07) is 5.21. The van der Waals surface area contributed by atoms with E-state index in [1.807, 2.05) is 11.4 Å². The largest absolute Gasteiger partial charge is 0.459 e. The Morgan fingerprint density at radius 1 is 1.39 bits per heavy atom. The standard InChI is InChI=1S/C13H7BrN4O4S/c14-7-4-9(23-6-7)11-15-10(22-17-11)5-18-13(19)21-12(16-18)8-2-1-3-20-8/h1-4,6H,5H2. The Labute approximate surface area is 140 Å². The topological polar surface area (TPSA) is 100 Å². The second-order valence-electron chi connectivity index (χ2n) is 4.45. The maximum Gasteiger partial charge on any atom is 0.437 e. The molecule has 0 spiro atoms. The third kappa shape index (κ3) is 2.78. The van der Waals surface area contributed by atoms with Gasteiger partial charge in [-0.25, -0.2) is 4.79 Å². The van der Waals surface area contributed by atoms with E-state index in [9.17, 15) is 4.79 Å². The van der Waals surface area contributed by atoms with Crippen LogP contribution in [0.3, 0.4) is 0 Å². The third-order valence-electron chi connectivity index (χ3n) is 2.88. The molecule has 0 amide bonds. The predicted octanol–water partition coefficient (Wildman–Crippen LogP) is 3.02. The fourth-order valence-corrected chi connectivity index (χ4v) is 3.24. The van der Waals surface area contributed by atoms with Gasteiger partial charge in [-0.3, -0.25) is 0 Å². The van der Waals surface area contributed by atoms with Gasteiger partial charge in [-0.1, -0.05) is 5.16 Å². The number of nitrogens with zero attached hydrogens (tertiary/aromatic N) is 4. The highest BCUT2D eigenvalue weighted by molar-refractivity contribution is 9.10. The van der Waals surface area contributed by atoms with E-state index in [0.29, 0.717) is 11.6 Å². The van der Waals surface area contributed by atoms with Crippen molar-refractivity contribution in [1.29, 1.82) is 0 Å². The van der Waals surface area contributed by atoms with Crippen molar-refractivity contribution >= 4 is 27.3 Å². The van der Waals surface area contributed by atoms with E-state index < -0.39 is 5.76 Å². The van der Waals surface area contributed by atoms with Gasteiger partial charge in [0, 0.05) is 9.85 Å². The molecule has 0 fully saturated rings. The third-order valence-corrected chi connectivity index (χ3v) is 4.57. The van der Waals surface area contributed by atoms with Gasteiger partial charge < -0.3 is 13.4 Å². The van der Waals surface area contributed by atoms with Gasteiger partial charge in [0.05, 0.1) is 11.1 Å². The second kappa shape index (κ2) is 5.63. The fourth-order valence-electron chi connectivity index (χ4n) is 1.88. The molecule has 4 aromatic heterocycles. The smallest absolute Gasteiger partial charge is 0.437 e. The molecule has 0 unspecified atom stereocenters. The zero-order valence-electron chi connectivity index (χ0n) is 11.3. The zero-order chi connectivity index (χ0) is 15.8. The molecule has 0 aliphatic rings. The normalized spacial score (nSPS) is 11.2. The molecule has 0 bridgehead atoms. The molecule has 0 saturated heterocycles. The first kappa shape index (κ1) is 14.2. The molecule has 0 aliphatic carbocycles. The summed E-state index contributed by atoms with van der Waals surface area (Å²) in [5.74, 6) is 0.553. The number of furan rings is 1. The van der Waals surface area contributed by atoms with Crippen LogP contribution in [0.4, 0.5) is 0 Å². The number of halogens is 1. The van der Waals surface area contributed by atoms with Crippen molar-refractivity contribution < 1.29 is 13.4 Å². The van der Waals surface area contributed by atoms with E-state index in [4.69, 9.17) is 13.4 Å². The maximum atomic E-state index is 11.8. The number of rotatable bonds is 4. The second-order valence-corrected chi connectivity index (χ2v) is 6.28. The summed E-state index contributed by atoms with van der Waals surface area (Å²) >= 11 is 4.85. The van der Waals surface area contributed by atoms with E-state index >= 15 is 0 Å². The van der Waals surface area contributed by atoms with Crippen LogP contribution in [-0.4, -0.2) is 19.9 Å².